The summed E-state index contributed by atoms with van der Waals surface area (Å²) in [6.07, 6.45) is 5.72. The molecule has 2 aliphatic heterocycles. The zero-order valence-corrected chi connectivity index (χ0v) is 8.56. The lowest BCUT2D eigenvalue weighted by Crippen LogP contribution is -2.64. The van der Waals surface area contributed by atoms with E-state index in [4.69, 9.17) is 0 Å². The summed E-state index contributed by atoms with van der Waals surface area (Å²) in [5.74, 6) is 1.76. The molecule has 0 amide bonds. The van der Waals surface area contributed by atoms with Gasteiger partial charge in [0, 0.05) is 11.6 Å². The maximum absolute atomic E-state index is 3.75. The molecule has 1 saturated carbocycles. The lowest BCUT2D eigenvalue weighted by atomic mass is 9.70. The smallest absolute Gasteiger partial charge is 0.0201 e. The van der Waals surface area contributed by atoms with Gasteiger partial charge in [-0.15, -0.1) is 0 Å². The lowest BCUT2D eigenvalue weighted by molar-refractivity contribution is 0.0764. The Morgan fingerprint density at radius 2 is 2.00 bits per heavy atom. The Hall–Kier alpha value is -0.0400. The van der Waals surface area contributed by atoms with Crippen molar-refractivity contribution in [2.45, 2.75) is 58.0 Å². The average molecular weight is 167 g/mol. The second-order valence-electron chi connectivity index (χ2n) is 5.24. The van der Waals surface area contributed by atoms with Gasteiger partial charge in [-0.1, -0.05) is 20.3 Å². The summed E-state index contributed by atoms with van der Waals surface area (Å²) < 4.78 is 0. The van der Waals surface area contributed by atoms with E-state index in [1.807, 2.05) is 0 Å². The van der Waals surface area contributed by atoms with Gasteiger partial charge in [0.2, 0.25) is 0 Å². The van der Waals surface area contributed by atoms with Crippen LogP contribution in [0.4, 0.5) is 0 Å². The summed E-state index contributed by atoms with van der Waals surface area (Å²) in [4.78, 5) is 0. The maximum atomic E-state index is 3.75. The molecule has 3 aliphatic rings. The van der Waals surface area contributed by atoms with Crippen LogP contribution >= 0.6 is 0 Å². The van der Waals surface area contributed by atoms with Crippen molar-refractivity contribution in [3.63, 3.8) is 0 Å². The zero-order chi connectivity index (χ0) is 8.77. The first-order valence-corrected chi connectivity index (χ1v) is 5.39. The molecule has 0 spiro atoms. The van der Waals surface area contributed by atoms with Gasteiger partial charge in [-0.05, 0) is 38.0 Å². The van der Waals surface area contributed by atoms with Crippen molar-refractivity contribution in [2.24, 2.45) is 11.8 Å². The molecule has 2 saturated heterocycles. The quantitative estimate of drug-likeness (QED) is 0.633. The van der Waals surface area contributed by atoms with Gasteiger partial charge in [-0.3, -0.25) is 0 Å². The molecule has 3 rings (SSSR count). The molecular weight excluding hydrogens is 146 g/mol. The molecule has 0 aromatic heterocycles. The summed E-state index contributed by atoms with van der Waals surface area (Å²) in [6, 6.07) is 0.860. The van der Waals surface area contributed by atoms with Crippen LogP contribution in [0.1, 0.15) is 46.5 Å². The number of hydrogen-bond donors (Lipinski definition) is 1. The number of rotatable bonds is 1. The Balaban J connectivity index is 2.10. The van der Waals surface area contributed by atoms with E-state index in [0.29, 0.717) is 5.54 Å². The lowest BCUT2D eigenvalue weighted by Gasteiger charge is -2.51. The largest absolute Gasteiger partial charge is 0.308 e. The molecule has 2 heterocycles. The highest BCUT2D eigenvalue weighted by molar-refractivity contribution is 5.06. The summed E-state index contributed by atoms with van der Waals surface area (Å²) in [6.45, 7) is 7.16. The Labute approximate surface area is 75.9 Å². The van der Waals surface area contributed by atoms with Crippen LogP contribution < -0.4 is 5.32 Å². The molecule has 12 heavy (non-hydrogen) atoms. The minimum absolute atomic E-state index is 0.495. The molecule has 70 valence electrons. The van der Waals surface area contributed by atoms with Gasteiger partial charge < -0.3 is 5.32 Å². The molecule has 0 aromatic rings. The summed E-state index contributed by atoms with van der Waals surface area (Å²) >= 11 is 0. The molecule has 1 N–H and O–H groups in total. The predicted molar refractivity (Wildman–Crippen MR) is 52.1 cm³/mol. The Bertz CT molecular complexity index is 168. The van der Waals surface area contributed by atoms with Crippen molar-refractivity contribution < 1.29 is 0 Å². The average Bonchev–Trinajstić information content (AvgIpc) is 2.14. The SMILES string of the molecule is CC(C)C1CCCC2CC1(C)N2. The molecule has 1 aliphatic carbocycles. The van der Waals surface area contributed by atoms with E-state index >= 15 is 0 Å². The standard InChI is InChI=1S/C11H21N/c1-8(2)10-6-4-5-9-7-11(10,3)12-9/h8-10,12H,4-7H2,1-3H3. The van der Waals surface area contributed by atoms with Crippen LogP contribution in [0.15, 0.2) is 0 Å². The highest BCUT2D eigenvalue weighted by Crippen LogP contribution is 2.43. The van der Waals surface area contributed by atoms with E-state index in [-0.39, 0.29) is 0 Å². The first kappa shape index (κ1) is 8.55. The van der Waals surface area contributed by atoms with Crippen molar-refractivity contribution in [1.82, 2.24) is 5.32 Å². The van der Waals surface area contributed by atoms with Gasteiger partial charge in [0.15, 0.2) is 0 Å². The molecule has 0 radical (unpaired) electrons. The van der Waals surface area contributed by atoms with Gasteiger partial charge in [-0.25, -0.2) is 0 Å². The van der Waals surface area contributed by atoms with E-state index in [0.717, 1.165) is 17.9 Å². The minimum Gasteiger partial charge on any atom is -0.308 e. The minimum atomic E-state index is 0.495. The molecule has 2 bridgehead atoms. The molecule has 1 nitrogen and oxygen atoms in total. The highest BCUT2D eigenvalue weighted by atomic mass is 15.1. The van der Waals surface area contributed by atoms with Crippen molar-refractivity contribution in [1.29, 1.82) is 0 Å². The third-order valence-corrected chi connectivity index (χ3v) is 3.90. The highest BCUT2D eigenvalue weighted by Gasteiger charge is 2.47. The van der Waals surface area contributed by atoms with E-state index in [2.05, 4.69) is 26.1 Å². The van der Waals surface area contributed by atoms with Crippen molar-refractivity contribution in [3.05, 3.63) is 0 Å². The first-order chi connectivity index (χ1) is 5.62. The Morgan fingerprint density at radius 3 is 2.58 bits per heavy atom. The van der Waals surface area contributed by atoms with Gasteiger partial charge >= 0.3 is 0 Å². The van der Waals surface area contributed by atoms with Crippen LogP contribution in [0.25, 0.3) is 0 Å². The summed E-state index contributed by atoms with van der Waals surface area (Å²) in [5, 5.41) is 3.75. The van der Waals surface area contributed by atoms with Crippen LogP contribution in [-0.2, 0) is 0 Å². The van der Waals surface area contributed by atoms with Crippen LogP contribution in [0, 0.1) is 11.8 Å². The fraction of sp³-hybridized carbons (Fsp3) is 1.00. The third kappa shape index (κ3) is 1.19. The second-order valence-corrected chi connectivity index (χ2v) is 5.24. The monoisotopic (exact) mass is 167 g/mol. The van der Waals surface area contributed by atoms with Gasteiger partial charge in [0.05, 0.1) is 0 Å². The molecule has 3 fully saturated rings. The topological polar surface area (TPSA) is 12.0 Å². The first-order valence-electron chi connectivity index (χ1n) is 5.39. The van der Waals surface area contributed by atoms with Crippen LogP contribution in [-0.4, -0.2) is 11.6 Å². The summed E-state index contributed by atoms with van der Waals surface area (Å²) in [5.41, 5.74) is 0.495. The molecule has 1 heteroatoms. The van der Waals surface area contributed by atoms with E-state index in [1.54, 1.807) is 0 Å². The van der Waals surface area contributed by atoms with E-state index in [1.165, 1.54) is 25.7 Å². The fourth-order valence-electron chi connectivity index (χ4n) is 3.36. The molecule has 0 aromatic carbocycles. The van der Waals surface area contributed by atoms with E-state index in [9.17, 15) is 0 Å². The van der Waals surface area contributed by atoms with Gasteiger partial charge in [-0.2, -0.15) is 0 Å². The number of hydrogen-bond acceptors (Lipinski definition) is 1. The molecular formula is C11H21N. The van der Waals surface area contributed by atoms with Crippen molar-refractivity contribution in [2.75, 3.05) is 0 Å². The van der Waals surface area contributed by atoms with Gasteiger partial charge in [0.1, 0.15) is 0 Å². The Kier molecular flexibility index (Phi) is 1.95. The number of nitrogens with one attached hydrogen (secondary N) is 1. The zero-order valence-electron chi connectivity index (χ0n) is 8.56. The predicted octanol–water partition coefficient (Wildman–Crippen LogP) is 2.56. The normalized spacial score (nSPS) is 47.0. The second kappa shape index (κ2) is 2.73. The van der Waals surface area contributed by atoms with Crippen molar-refractivity contribution in [3.8, 4) is 0 Å². The maximum Gasteiger partial charge on any atom is 0.0201 e. The third-order valence-electron chi connectivity index (χ3n) is 3.90. The summed E-state index contributed by atoms with van der Waals surface area (Å²) in [7, 11) is 0. The van der Waals surface area contributed by atoms with Gasteiger partial charge in [0.25, 0.3) is 0 Å². The molecule has 3 atom stereocenters. The van der Waals surface area contributed by atoms with Crippen LogP contribution in [0.5, 0.6) is 0 Å². The number of fused-ring (bicyclic) bond motifs is 3. The molecule has 3 unspecified atom stereocenters. The van der Waals surface area contributed by atoms with Crippen LogP contribution in [0.2, 0.25) is 0 Å². The van der Waals surface area contributed by atoms with Crippen molar-refractivity contribution >= 4 is 0 Å². The van der Waals surface area contributed by atoms with E-state index < -0.39 is 0 Å². The fourth-order valence-corrected chi connectivity index (χ4v) is 3.36. The Morgan fingerprint density at radius 1 is 1.33 bits per heavy atom. The van der Waals surface area contributed by atoms with Crippen LogP contribution in [0.3, 0.4) is 0 Å².